The lowest BCUT2D eigenvalue weighted by molar-refractivity contribution is -0.123. The number of primary amides is 1. The van der Waals surface area contributed by atoms with Crippen molar-refractivity contribution in [2.24, 2.45) is 5.73 Å². The van der Waals surface area contributed by atoms with E-state index in [1.165, 1.54) is 41.1 Å². The van der Waals surface area contributed by atoms with Gasteiger partial charge in [-0.3, -0.25) is 19.3 Å². The summed E-state index contributed by atoms with van der Waals surface area (Å²) >= 11 is 2.19. The summed E-state index contributed by atoms with van der Waals surface area (Å²) in [5.41, 5.74) is 12.6. The van der Waals surface area contributed by atoms with Gasteiger partial charge in [-0.15, -0.1) is 11.3 Å². The van der Waals surface area contributed by atoms with Crippen molar-refractivity contribution in [3.63, 3.8) is 0 Å². The number of aromatic nitrogens is 1. The van der Waals surface area contributed by atoms with Crippen LogP contribution < -0.4 is 21.7 Å². The largest absolute Gasteiger partial charge is 0.395 e. The number of thiophene rings is 1. The summed E-state index contributed by atoms with van der Waals surface area (Å²) in [6.45, 7) is 5.67. The molecule has 0 bridgehead atoms. The third kappa shape index (κ3) is 6.02. The molecule has 4 rings (SSSR count). The van der Waals surface area contributed by atoms with E-state index in [0.29, 0.717) is 16.5 Å². The zero-order valence-electron chi connectivity index (χ0n) is 21.3. The molecular weight excluding hydrogens is 506 g/mol. The van der Waals surface area contributed by atoms with E-state index < -0.39 is 23.4 Å². The Hall–Kier alpha value is -3.24. The fraction of sp³-hybridized carbons (Fsp3) is 0.407. The Kier molecular flexibility index (Phi) is 7.99. The molecule has 0 radical (unpaired) electrons. The standard InChI is InChI=1S/C27H33N5O3S2/c1-27(2,3)30-25(34)22(19-10-7-15-36-19)32(26(35)23-20(28)21(24(29)33)31-37-23)18-13-11-17(12-14-18)16-8-5-4-6-9-16/h7,10-16,22H,4-6,8-9,28H2,1-3H3,(H2,29,33)(H,30,34). The van der Waals surface area contributed by atoms with Crippen LogP contribution in [0.25, 0.3) is 0 Å². The predicted molar refractivity (Wildman–Crippen MR) is 149 cm³/mol. The van der Waals surface area contributed by atoms with Gasteiger partial charge in [0, 0.05) is 16.1 Å². The number of nitrogen functional groups attached to an aromatic ring is 1. The van der Waals surface area contributed by atoms with Gasteiger partial charge in [0.05, 0.1) is 5.69 Å². The highest BCUT2D eigenvalue weighted by Gasteiger charge is 2.37. The second-order valence-electron chi connectivity index (χ2n) is 10.4. The molecule has 10 heteroatoms. The lowest BCUT2D eigenvalue weighted by Crippen LogP contribution is -2.49. The molecule has 2 aromatic heterocycles. The zero-order chi connectivity index (χ0) is 26.7. The molecule has 37 heavy (non-hydrogen) atoms. The Bertz CT molecular complexity index is 1260. The summed E-state index contributed by atoms with van der Waals surface area (Å²) in [4.78, 5) is 41.8. The number of nitrogens with zero attached hydrogens (tertiary/aromatic N) is 2. The van der Waals surface area contributed by atoms with E-state index in [1.54, 1.807) is 0 Å². The van der Waals surface area contributed by atoms with Crippen LogP contribution in [0.5, 0.6) is 0 Å². The van der Waals surface area contributed by atoms with Gasteiger partial charge >= 0.3 is 0 Å². The van der Waals surface area contributed by atoms with Crippen LogP contribution in [0.4, 0.5) is 11.4 Å². The van der Waals surface area contributed by atoms with Gasteiger partial charge in [0.2, 0.25) is 5.91 Å². The van der Waals surface area contributed by atoms with Gasteiger partial charge in [-0.2, -0.15) is 4.37 Å². The number of benzene rings is 1. The highest BCUT2D eigenvalue weighted by Crippen LogP contribution is 2.37. The normalized spacial score (nSPS) is 15.2. The van der Waals surface area contributed by atoms with Crippen LogP contribution in [0.3, 0.4) is 0 Å². The second-order valence-corrected chi connectivity index (χ2v) is 12.1. The van der Waals surface area contributed by atoms with E-state index in [-0.39, 0.29) is 22.2 Å². The van der Waals surface area contributed by atoms with Crippen LogP contribution in [0, 0.1) is 0 Å². The van der Waals surface area contributed by atoms with E-state index in [9.17, 15) is 14.4 Å². The Morgan fingerprint density at radius 1 is 1.08 bits per heavy atom. The second kappa shape index (κ2) is 11.0. The minimum atomic E-state index is -0.953. The quantitative estimate of drug-likeness (QED) is 0.378. The van der Waals surface area contributed by atoms with Gasteiger partial charge in [-0.25, -0.2) is 0 Å². The Labute approximate surface area is 225 Å². The molecule has 1 aromatic carbocycles. The number of rotatable bonds is 7. The smallest absolute Gasteiger partial charge is 0.273 e. The van der Waals surface area contributed by atoms with Crippen molar-refractivity contribution in [3.8, 4) is 0 Å². The molecule has 1 aliphatic rings. The van der Waals surface area contributed by atoms with Crippen molar-refractivity contribution in [1.29, 1.82) is 0 Å². The number of amides is 3. The summed E-state index contributed by atoms with van der Waals surface area (Å²) in [6, 6.07) is 10.6. The van der Waals surface area contributed by atoms with E-state index in [4.69, 9.17) is 11.5 Å². The number of nitrogens with two attached hydrogens (primary N) is 2. The maximum Gasteiger partial charge on any atom is 0.273 e. The zero-order valence-corrected chi connectivity index (χ0v) is 23.0. The van der Waals surface area contributed by atoms with E-state index in [2.05, 4.69) is 9.69 Å². The van der Waals surface area contributed by atoms with Gasteiger partial charge in [-0.05, 0) is 80.2 Å². The van der Waals surface area contributed by atoms with Crippen LogP contribution in [0.1, 0.15) is 95.4 Å². The van der Waals surface area contributed by atoms with Crippen molar-refractivity contribution < 1.29 is 14.4 Å². The molecule has 2 heterocycles. The monoisotopic (exact) mass is 539 g/mol. The van der Waals surface area contributed by atoms with Gasteiger partial charge in [0.15, 0.2) is 11.7 Å². The fourth-order valence-electron chi connectivity index (χ4n) is 4.72. The van der Waals surface area contributed by atoms with Crippen molar-refractivity contribution in [1.82, 2.24) is 9.69 Å². The molecule has 0 aliphatic heterocycles. The molecule has 5 N–H and O–H groups in total. The molecule has 196 valence electrons. The first kappa shape index (κ1) is 26.8. The Morgan fingerprint density at radius 3 is 2.30 bits per heavy atom. The number of carbonyl (C=O) groups is 3. The van der Waals surface area contributed by atoms with Crippen molar-refractivity contribution >= 4 is 52.0 Å². The van der Waals surface area contributed by atoms with Gasteiger partial charge in [-0.1, -0.05) is 37.5 Å². The molecule has 8 nitrogen and oxygen atoms in total. The van der Waals surface area contributed by atoms with Crippen LogP contribution in [-0.4, -0.2) is 27.6 Å². The van der Waals surface area contributed by atoms with Gasteiger partial charge in [0.25, 0.3) is 11.8 Å². The molecule has 0 saturated heterocycles. The average molecular weight is 540 g/mol. The highest BCUT2D eigenvalue weighted by molar-refractivity contribution is 7.10. The lowest BCUT2D eigenvalue weighted by Gasteiger charge is -2.33. The summed E-state index contributed by atoms with van der Waals surface area (Å²) in [7, 11) is 0. The highest BCUT2D eigenvalue weighted by atomic mass is 32.1. The van der Waals surface area contributed by atoms with Crippen LogP contribution in [0.2, 0.25) is 0 Å². The molecule has 0 spiro atoms. The van der Waals surface area contributed by atoms with Gasteiger partial charge < -0.3 is 16.8 Å². The van der Waals surface area contributed by atoms with Crippen LogP contribution in [0.15, 0.2) is 41.8 Å². The molecule has 1 saturated carbocycles. The molecule has 3 aromatic rings. The summed E-state index contributed by atoms with van der Waals surface area (Å²) in [5.74, 6) is -1.15. The summed E-state index contributed by atoms with van der Waals surface area (Å²) < 4.78 is 4.01. The fourth-order valence-corrected chi connectivity index (χ4v) is 6.28. The number of nitrogens with one attached hydrogen (secondary N) is 1. The maximum atomic E-state index is 14.1. The Balaban J connectivity index is 1.81. The maximum absolute atomic E-state index is 14.1. The lowest BCUT2D eigenvalue weighted by atomic mass is 9.84. The van der Waals surface area contributed by atoms with Crippen LogP contribution in [-0.2, 0) is 4.79 Å². The first-order chi connectivity index (χ1) is 17.6. The number of hydrogen-bond donors (Lipinski definition) is 3. The third-order valence-corrected chi connectivity index (χ3v) is 8.22. The topological polar surface area (TPSA) is 131 Å². The molecule has 3 amide bonds. The molecule has 1 fully saturated rings. The first-order valence-corrected chi connectivity index (χ1v) is 14.1. The number of carbonyl (C=O) groups excluding carboxylic acids is 3. The number of anilines is 2. The first-order valence-electron chi connectivity index (χ1n) is 12.4. The summed E-state index contributed by atoms with van der Waals surface area (Å²) in [5, 5.41) is 4.89. The molecule has 1 atom stereocenters. The third-order valence-electron chi connectivity index (χ3n) is 6.44. The average Bonchev–Trinajstić information content (AvgIpc) is 3.51. The molecular formula is C27H33N5O3S2. The van der Waals surface area contributed by atoms with Gasteiger partial charge in [0.1, 0.15) is 4.88 Å². The minimum Gasteiger partial charge on any atom is -0.395 e. The van der Waals surface area contributed by atoms with Crippen LogP contribution >= 0.6 is 22.9 Å². The predicted octanol–water partition coefficient (Wildman–Crippen LogP) is 5.24. The van der Waals surface area contributed by atoms with Crippen molar-refractivity contribution in [3.05, 3.63) is 62.8 Å². The van der Waals surface area contributed by atoms with E-state index >= 15 is 0 Å². The summed E-state index contributed by atoms with van der Waals surface area (Å²) in [6.07, 6.45) is 6.02. The number of hydrogen-bond acceptors (Lipinski definition) is 7. The SMILES string of the molecule is CC(C)(C)NC(=O)C(c1cccs1)N(C(=O)c1snc(C(N)=O)c1N)c1ccc(C2CCCCC2)cc1. The Morgan fingerprint density at radius 2 is 1.76 bits per heavy atom. The van der Waals surface area contributed by atoms with Crippen molar-refractivity contribution in [2.45, 2.75) is 70.4 Å². The molecule has 1 unspecified atom stereocenters. The molecule has 1 aliphatic carbocycles. The minimum absolute atomic E-state index is 0.0651. The van der Waals surface area contributed by atoms with Crippen molar-refractivity contribution in [2.75, 3.05) is 10.6 Å². The van der Waals surface area contributed by atoms with E-state index in [0.717, 1.165) is 24.4 Å². The van der Waals surface area contributed by atoms with E-state index in [1.807, 2.05) is 62.5 Å².